The van der Waals surface area contributed by atoms with Gasteiger partial charge in [-0.05, 0) is 51.4 Å². The Morgan fingerprint density at radius 3 is 2.22 bits per heavy atom. The van der Waals surface area contributed by atoms with Crippen molar-refractivity contribution in [3.63, 3.8) is 0 Å². The highest BCUT2D eigenvalue weighted by Crippen LogP contribution is 2.32. The number of hydrogen-bond acceptors (Lipinski definition) is 2. The fourth-order valence-electron chi connectivity index (χ4n) is 2.63. The number of rotatable bonds is 4. The van der Waals surface area contributed by atoms with Crippen LogP contribution in [0.15, 0.2) is 0 Å². The van der Waals surface area contributed by atoms with E-state index < -0.39 is 5.97 Å². The zero-order chi connectivity index (χ0) is 13.1. The van der Waals surface area contributed by atoms with Crippen molar-refractivity contribution in [1.82, 2.24) is 10.6 Å². The van der Waals surface area contributed by atoms with Gasteiger partial charge in [0.15, 0.2) is 0 Å². The average Bonchev–Trinajstić information content (AvgIpc) is 3.13. The Labute approximate surface area is 107 Å². The molecule has 0 saturated heterocycles. The van der Waals surface area contributed by atoms with E-state index in [0.717, 1.165) is 12.8 Å². The van der Waals surface area contributed by atoms with Crippen LogP contribution in [-0.2, 0) is 4.79 Å². The first-order chi connectivity index (χ1) is 8.56. The summed E-state index contributed by atoms with van der Waals surface area (Å²) >= 11 is 0. The first-order valence-electron chi connectivity index (χ1n) is 6.86. The number of carbonyl (C=O) groups excluding carboxylic acids is 1. The molecule has 3 N–H and O–H groups in total. The molecule has 0 bridgehead atoms. The molecule has 2 rings (SSSR count). The van der Waals surface area contributed by atoms with Crippen molar-refractivity contribution in [2.24, 2.45) is 11.8 Å². The van der Waals surface area contributed by atoms with Gasteiger partial charge in [-0.15, -0.1) is 0 Å². The lowest BCUT2D eigenvalue weighted by molar-refractivity contribution is -0.142. The number of urea groups is 1. The van der Waals surface area contributed by atoms with E-state index in [2.05, 4.69) is 10.6 Å². The quantitative estimate of drug-likeness (QED) is 0.715. The summed E-state index contributed by atoms with van der Waals surface area (Å²) in [6, 6.07) is 0.278. The van der Waals surface area contributed by atoms with Crippen LogP contribution in [0.5, 0.6) is 0 Å². The fraction of sp³-hybridized carbons (Fsp3) is 0.846. The SMILES string of the molecule is CC(NC(=O)NC1CCC(C(=O)O)CC1)C1CC1. The maximum absolute atomic E-state index is 11.7. The van der Waals surface area contributed by atoms with Gasteiger partial charge >= 0.3 is 12.0 Å². The molecule has 5 heteroatoms. The molecule has 0 aliphatic heterocycles. The van der Waals surface area contributed by atoms with Crippen LogP contribution in [0.25, 0.3) is 0 Å². The van der Waals surface area contributed by atoms with E-state index in [0.29, 0.717) is 18.8 Å². The summed E-state index contributed by atoms with van der Waals surface area (Å²) in [5, 5.41) is 14.8. The van der Waals surface area contributed by atoms with Crippen molar-refractivity contribution in [1.29, 1.82) is 0 Å². The Kier molecular flexibility index (Phi) is 4.09. The number of carbonyl (C=O) groups is 2. The average molecular weight is 254 g/mol. The first kappa shape index (κ1) is 13.2. The summed E-state index contributed by atoms with van der Waals surface area (Å²) in [5.74, 6) is -0.282. The standard InChI is InChI=1S/C13H22N2O3/c1-8(9-2-3-9)14-13(18)15-11-6-4-10(5-7-11)12(16)17/h8-11H,2-7H2,1H3,(H,16,17)(H2,14,15,18). The second-order valence-electron chi connectivity index (χ2n) is 5.63. The predicted octanol–water partition coefficient (Wildman–Crippen LogP) is 1.73. The van der Waals surface area contributed by atoms with Gasteiger partial charge in [0.2, 0.25) is 0 Å². The van der Waals surface area contributed by atoms with E-state index in [1.54, 1.807) is 0 Å². The third kappa shape index (κ3) is 3.62. The highest BCUT2D eigenvalue weighted by atomic mass is 16.4. The first-order valence-corrected chi connectivity index (χ1v) is 6.86. The predicted molar refractivity (Wildman–Crippen MR) is 67.2 cm³/mol. The molecule has 0 heterocycles. The topological polar surface area (TPSA) is 78.4 Å². The molecule has 1 unspecified atom stereocenters. The number of carboxylic acid groups (broad SMARTS) is 1. The van der Waals surface area contributed by atoms with Gasteiger partial charge in [-0.1, -0.05) is 0 Å². The minimum absolute atomic E-state index is 0.104. The third-order valence-electron chi connectivity index (χ3n) is 4.10. The molecule has 0 aromatic carbocycles. The molecule has 0 radical (unpaired) electrons. The Balaban J connectivity index is 1.67. The molecule has 1 atom stereocenters. The molecule has 18 heavy (non-hydrogen) atoms. The van der Waals surface area contributed by atoms with Gasteiger partial charge in [-0.25, -0.2) is 4.79 Å². The third-order valence-corrected chi connectivity index (χ3v) is 4.10. The fourth-order valence-corrected chi connectivity index (χ4v) is 2.63. The van der Waals surface area contributed by atoms with Gasteiger partial charge in [0.05, 0.1) is 5.92 Å². The Hall–Kier alpha value is -1.26. The van der Waals surface area contributed by atoms with Crippen LogP contribution < -0.4 is 10.6 Å². The molecule has 2 fully saturated rings. The van der Waals surface area contributed by atoms with Gasteiger partial charge in [0.1, 0.15) is 0 Å². The summed E-state index contributed by atoms with van der Waals surface area (Å²) in [6.07, 6.45) is 5.29. The van der Waals surface area contributed by atoms with Crippen LogP contribution in [0.2, 0.25) is 0 Å². The minimum atomic E-state index is -0.708. The van der Waals surface area contributed by atoms with Gasteiger partial charge in [-0.3, -0.25) is 4.79 Å². The Morgan fingerprint density at radius 2 is 1.72 bits per heavy atom. The van der Waals surface area contributed by atoms with E-state index in [9.17, 15) is 9.59 Å². The Bertz CT molecular complexity index is 320. The highest BCUT2D eigenvalue weighted by molar-refractivity contribution is 5.74. The van der Waals surface area contributed by atoms with E-state index in [1.807, 2.05) is 6.92 Å². The monoisotopic (exact) mass is 254 g/mol. The maximum atomic E-state index is 11.7. The van der Waals surface area contributed by atoms with Crippen LogP contribution in [0, 0.1) is 11.8 Å². The summed E-state index contributed by atoms with van der Waals surface area (Å²) < 4.78 is 0. The number of nitrogens with one attached hydrogen (secondary N) is 2. The molecule has 102 valence electrons. The number of aliphatic carboxylic acids is 1. The second-order valence-corrected chi connectivity index (χ2v) is 5.63. The molecule has 2 saturated carbocycles. The van der Waals surface area contributed by atoms with Crippen LogP contribution in [0.3, 0.4) is 0 Å². The van der Waals surface area contributed by atoms with Gasteiger partial charge in [0.25, 0.3) is 0 Å². The second kappa shape index (κ2) is 5.59. The summed E-state index contributed by atoms with van der Waals surface area (Å²) in [5.41, 5.74) is 0. The van der Waals surface area contributed by atoms with Crippen molar-refractivity contribution in [2.45, 2.75) is 57.5 Å². The van der Waals surface area contributed by atoms with Crippen LogP contribution >= 0.6 is 0 Å². The van der Waals surface area contributed by atoms with E-state index >= 15 is 0 Å². The lowest BCUT2D eigenvalue weighted by atomic mass is 9.86. The van der Waals surface area contributed by atoms with E-state index in [1.165, 1.54) is 12.8 Å². The number of hydrogen-bond donors (Lipinski definition) is 3. The largest absolute Gasteiger partial charge is 0.481 e. The maximum Gasteiger partial charge on any atom is 0.315 e. The highest BCUT2D eigenvalue weighted by Gasteiger charge is 2.30. The number of amides is 2. The zero-order valence-corrected chi connectivity index (χ0v) is 10.8. The smallest absolute Gasteiger partial charge is 0.315 e. The molecule has 0 aromatic rings. The molecular weight excluding hydrogens is 232 g/mol. The van der Waals surface area contributed by atoms with Crippen molar-refractivity contribution >= 4 is 12.0 Å². The van der Waals surface area contributed by atoms with Crippen molar-refractivity contribution in [3.8, 4) is 0 Å². The summed E-state index contributed by atoms with van der Waals surface area (Å²) in [6.45, 7) is 2.04. The minimum Gasteiger partial charge on any atom is -0.481 e. The molecule has 5 nitrogen and oxygen atoms in total. The van der Waals surface area contributed by atoms with Gasteiger partial charge < -0.3 is 15.7 Å². The lowest BCUT2D eigenvalue weighted by Gasteiger charge is -2.27. The van der Waals surface area contributed by atoms with E-state index in [-0.39, 0.29) is 24.0 Å². The molecule has 0 aromatic heterocycles. The lowest BCUT2D eigenvalue weighted by Crippen LogP contribution is -2.47. The van der Waals surface area contributed by atoms with Gasteiger partial charge in [-0.2, -0.15) is 0 Å². The van der Waals surface area contributed by atoms with Gasteiger partial charge in [0, 0.05) is 12.1 Å². The molecule has 2 amide bonds. The van der Waals surface area contributed by atoms with Crippen LogP contribution in [0.1, 0.15) is 45.4 Å². The normalized spacial score (nSPS) is 29.4. The molecular formula is C13H22N2O3. The molecule has 2 aliphatic carbocycles. The van der Waals surface area contributed by atoms with Crippen LogP contribution in [0.4, 0.5) is 4.79 Å². The van der Waals surface area contributed by atoms with Crippen LogP contribution in [-0.4, -0.2) is 29.2 Å². The number of carboxylic acids is 1. The van der Waals surface area contributed by atoms with Crippen molar-refractivity contribution in [2.75, 3.05) is 0 Å². The van der Waals surface area contributed by atoms with Crippen molar-refractivity contribution < 1.29 is 14.7 Å². The van der Waals surface area contributed by atoms with E-state index in [4.69, 9.17) is 5.11 Å². The molecule has 2 aliphatic rings. The van der Waals surface area contributed by atoms with Crippen molar-refractivity contribution in [3.05, 3.63) is 0 Å². The summed E-state index contributed by atoms with van der Waals surface area (Å²) in [4.78, 5) is 22.5. The zero-order valence-electron chi connectivity index (χ0n) is 10.8. The summed E-state index contributed by atoms with van der Waals surface area (Å²) in [7, 11) is 0. The Morgan fingerprint density at radius 1 is 1.11 bits per heavy atom. The molecule has 0 spiro atoms.